The molecule has 0 aliphatic carbocycles. The highest BCUT2D eigenvalue weighted by Crippen LogP contribution is 2.39. The van der Waals surface area contributed by atoms with E-state index >= 15 is 0 Å². The van der Waals surface area contributed by atoms with Gasteiger partial charge in [0.2, 0.25) is 0 Å². The number of likely N-dealkylation sites (tertiary alicyclic amines) is 1. The highest BCUT2D eigenvalue weighted by atomic mass is 35.5. The van der Waals surface area contributed by atoms with Crippen LogP contribution in [0.1, 0.15) is 24.1 Å². The lowest BCUT2D eigenvalue weighted by molar-refractivity contribution is -0.140. The first kappa shape index (κ1) is 21.9. The molecule has 1 N–H and O–H groups in total. The molecule has 2 aromatic rings. The van der Waals surface area contributed by atoms with Crippen LogP contribution in [0.3, 0.4) is 0 Å². The Kier molecular flexibility index (Phi) is 6.80. The minimum absolute atomic E-state index is 0.0743. The summed E-state index contributed by atoms with van der Waals surface area (Å²) in [6.45, 7) is 3.38. The van der Waals surface area contributed by atoms with E-state index in [2.05, 4.69) is 0 Å². The number of Topliss-reactive ketones (excluding diaryl/α,β-unsaturated/α-hetero) is 1. The van der Waals surface area contributed by atoms with Gasteiger partial charge in [0.25, 0.3) is 11.7 Å². The van der Waals surface area contributed by atoms with E-state index in [1.807, 2.05) is 38.1 Å². The van der Waals surface area contributed by atoms with Crippen LogP contribution in [0.2, 0.25) is 5.02 Å². The van der Waals surface area contributed by atoms with Gasteiger partial charge in [-0.25, -0.2) is 0 Å². The molecule has 1 aliphatic rings. The molecule has 0 bridgehead atoms. The second kappa shape index (κ2) is 9.32. The molecule has 0 unspecified atom stereocenters. The summed E-state index contributed by atoms with van der Waals surface area (Å²) in [6, 6.07) is 13.1. The number of hydrogen-bond acceptors (Lipinski definition) is 5. The van der Waals surface area contributed by atoms with Crippen LogP contribution in [0.4, 0.5) is 0 Å². The van der Waals surface area contributed by atoms with Gasteiger partial charge in [0.15, 0.2) is 0 Å². The Balaban J connectivity index is 2.10. The average Bonchev–Trinajstić information content (AvgIpc) is 2.98. The highest BCUT2D eigenvalue weighted by molar-refractivity contribution is 6.46. The number of ketones is 1. The summed E-state index contributed by atoms with van der Waals surface area (Å²) < 4.78 is 5.50. The SMILES string of the molecule is CCOc1ccc([C@@H]2/C(=C(\O)c3ccc(Cl)cc3)C(=O)C(=O)N2CCN(C)C)cc1. The highest BCUT2D eigenvalue weighted by Gasteiger charge is 2.45. The molecular weight excluding hydrogens is 404 g/mol. The Morgan fingerprint density at radius 2 is 1.73 bits per heavy atom. The number of nitrogens with zero attached hydrogens (tertiary/aromatic N) is 2. The number of amides is 1. The first-order valence-electron chi connectivity index (χ1n) is 9.75. The van der Waals surface area contributed by atoms with Crippen molar-refractivity contribution in [3.63, 3.8) is 0 Å². The topological polar surface area (TPSA) is 70.1 Å². The third-order valence-electron chi connectivity index (χ3n) is 4.95. The normalized spacial score (nSPS) is 18.3. The van der Waals surface area contributed by atoms with Crippen molar-refractivity contribution in [3.05, 3.63) is 70.3 Å². The van der Waals surface area contributed by atoms with E-state index < -0.39 is 17.7 Å². The van der Waals surface area contributed by atoms with Crippen molar-refractivity contribution in [1.29, 1.82) is 0 Å². The summed E-state index contributed by atoms with van der Waals surface area (Å²) in [4.78, 5) is 29.2. The molecule has 30 heavy (non-hydrogen) atoms. The Morgan fingerprint density at radius 3 is 2.30 bits per heavy atom. The molecule has 1 fully saturated rings. The van der Waals surface area contributed by atoms with Gasteiger partial charge in [-0.2, -0.15) is 0 Å². The number of carbonyl (C=O) groups is 2. The average molecular weight is 429 g/mol. The molecule has 0 saturated carbocycles. The minimum atomic E-state index is -0.694. The molecule has 6 nitrogen and oxygen atoms in total. The molecular formula is C23H25ClN2O4. The Hall–Kier alpha value is -2.83. The van der Waals surface area contributed by atoms with Crippen molar-refractivity contribution >= 4 is 29.1 Å². The smallest absolute Gasteiger partial charge is 0.295 e. The van der Waals surface area contributed by atoms with Gasteiger partial charge in [0, 0.05) is 23.7 Å². The quantitative estimate of drug-likeness (QED) is 0.413. The Labute approximate surface area is 181 Å². The predicted molar refractivity (Wildman–Crippen MR) is 117 cm³/mol. The van der Waals surface area contributed by atoms with Crippen LogP contribution in [-0.2, 0) is 9.59 Å². The van der Waals surface area contributed by atoms with E-state index in [9.17, 15) is 14.7 Å². The van der Waals surface area contributed by atoms with Crippen LogP contribution in [0.15, 0.2) is 54.1 Å². The van der Waals surface area contributed by atoms with Crippen LogP contribution in [0.25, 0.3) is 5.76 Å². The molecule has 158 valence electrons. The Bertz CT molecular complexity index is 952. The number of carbonyl (C=O) groups excluding carboxylic acids is 2. The second-order valence-corrected chi connectivity index (χ2v) is 7.74. The van der Waals surface area contributed by atoms with E-state index in [1.54, 1.807) is 36.4 Å². The molecule has 7 heteroatoms. The van der Waals surface area contributed by atoms with Crippen LogP contribution in [0.5, 0.6) is 5.75 Å². The number of hydrogen-bond donors (Lipinski definition) is 1. The van der Waals surface area contributed by atoms with E-state index in [1.165, 1.54) is 4.90 Å². The first-order valence-corrected chi connectivity index (χ1v) is 10.1. The van der Waals surface area contributed by atoms with E-state index in [0.717, 1.165) is 5.56 Å². The molecule has 1 saturated heterocycles. The third kappa shape index (κ3) is 4.50. The van der Waals surface area contributed by atoms with Gasteiger partial charge in [-0.15, -0.1) is 0 Å². The molecule has 0 radical (unpaired) electrons. The second-order valence-electron chi connectivity index (χ2n) is 7.30. The predicted octanol–water partition coefficient (Wildman–Crippen LogP) is 3.72. The number of rotatable bonds is 7. The summed E-state index contributed by atoms with van der Waals surface area (Å²) in [6.07, 6.45) is 0. The minimum Gasteiger partial charge on any atom is -0.507 e. The van der Waals surface area contributed by atoms with Crippen LogP contribution in [0, 0.1) is 0 Å². The van der Waals surface area contributed by atoms with Gasteiger partial charge in [-0.1, -0.05) is 23.7 Å². The number of ether oxygens (including phenoxy) is 1. The van der Waals surface area contributed by atoms with Crippen molar-refractivity contribution in [2.45, 2.75) is 13.0 Å². The third-order valence-corrected chi connectivity index (χ3v) is 5.20. The lowest BCUT2D eigenvalue weighted by Gasteiger charge is -2.26. The zero-order valence-electron chi connectivity index (χ0n) is 17.3. The zero-order chi connectivity index (χ0) is 21.8. The van der Waals surface area contributed by atoms with Crippen molar-refractivity contribution in [3.8, 4) is 5.75 Å². The summed E-state index contributed by atoms with van der Waals surface area (Å²) in [7, 11) is 3.80. The number of aliphatic hydroxyl groups is 1. The first-order chi connectivity index (χ1) is 14.3. The molecule has 3 rings (SSSR count). The maximum Gasteiger partial charge on any atom is 0.295 e. The fourth-order valence-electron chi connectivity index (χ4n) is 3.44. The van der Waals surface area contributed by atoms with Crippen molar-refractivity contribution < 1.29 is 19.4 Å². The molecule has 1 heterocycles. The molecule has 1 aliphatic heterocycles. The number of benzene rings is 2. The summed E-state index contributed by atoms with van der Waals surface area (Å²) in [5.74, 6) is -0.827. The number of halogens is 1. The van der Waals surface area contributed by atoms with E-state index in [0.29, 0.717) is 36.0 Å². The fraction of sp³-hybridized carbons (Fsp3) is 0.304. The summed E-state index contributed by atoms with van der Waals surface area (Å²) in [5.41, 5.74) is 1.23. The zero-order valence-corrected chi connectivity index (χ0v) is 18.0. The Morgan fingerprint density at radius 1 is 1.10 bits per heavy atom. The van der Waals surface area contributed by atoms with E-state index in [-0.39, 0.29) is 11.3 Å². The van der Waals surface area contributed by atoms with Crippen LogP contribution in [-0.4, -0.2) is 60.4 Å². The maximum atomic E-state index is 12.9. The molecule has 2 aromatic carbocycles. The lowest BCUT2D eigenvalue weighted by atomic mass is 9.95. The monoisotopic (exact) mass is 428 g/mol. The van der Waals surface area contributed by atoms with Gasteiger partial charge < -0.3 is 19.6 Å². The largest absolute Gasteiger partial charge is 0.507 e. The van der Waals surface area contributed by atoms with Crippen LogP contribution < -0.4 is 4.74 Å². The fourth-order valence-corrected chi connectivity index (χ4v) is 3.57. The van der Waals surface area contributed by atoms with Gasteiger partial charge in [-0.05, 0) is 63.0 Å². The van der Waals surface area contributed by atoms with Gasteiger partial charge in [0.05, 0.1) is 18.2 Å². The van der Waals surface area contributed by atoms with Gasteiger partial charge in [0.1, 0.15) is 11.5 Å². The standard InChI is InChI=1S/C23H25ClN2O4/c1-4-30-18-11-7-15(8-12-18)20-19(21(27)16-5-9-17(24)10-6-16)22(28)23(29)26(20)14-13-25(2)3/h5-12,20,27H,4,13-14H2,1-3H3/b21-19+/t20-/m1/s1. The number of likely N-dealkylation sites (N-methyl/N-ethyl adjacent to an activating group) is 1. The molecule has 0 spiro atoms. The van der Waals surface area contributed by atoms with Crippen molar-refractivity contribution in [2.24, 2.45) is 0 Å². The van der Waals surface area contributed by atoms with Crippen LogP contribution >= 0.6 is 11.6 Å². The molecule has 0 aromatic heterocycles. The summed E-state index contributed by atoms with van der Waals surface area (Å²) >= 11 is 5.94. The van der Waals surface area contributed by atoms with E-state index in [4.69, 9.17) is 16.3 Å². The van der Waals surface area contributed by atoms with Gasteiger partial charge in [-0.3, -0.25) is 9.59 Å². The molecule has 1 amide bonds. The lowest BCUT2D eigenvalue weighted by Crippen LogP contribution is -2.35. The number of aliphatic hydroxyl groups excluding tert-OH is 1. The van der Waals surface area contributed by atoms with Gasteiger partial charge >= 0.3 is 0 Å². The maximum absolute atomic E-state index is 12.9. The van der Waals surface area contributed by atoms with Crippen molar-refractivity contribution in [2.75, 3.05) is 33.8 Å². The molecule has 1 atom stereocenters. The summed E-state index contributed by atoms with van der Waals surface area (Å²) in [5, 5.41) is 11.5. The van der Waals surface area contributed by atoms with Crippen molar-refractivity contribution in [1.82, 2.24) is 9.80 Å².